The molecule has 1 heterocycles. The number of amides is 1. The molecule has 1 fully saturated rings. The van der Waals surface area contributed by atoms with Crippen molar-refractivity contribution in [1.82, 2.24) is 4.90 Å². The van der Waals surface area contributed by atoms with Crippen LogP contribution in [0.2, 0.25) is 0 Å². The summed E-state index contributed by atoms with van der Waals surface area (Å²) in [6, 6.07) is 13.5. The Bertz CT molecular complexity index is 835. The number of nitrogens with zero attached hydrogens (tertiary/aromatic N) is 3. The monoisotopic (exact) mass is 341 g/mol. The molecule has 0 radical (unpaired) electrons. The van der Waals surface area contributed by atoms with Gasteiger partial charge in [0.2, 0.25) is 0 Å². The highest BCUT2D eigenvalue weighted by Crippen LogP contribution is 2.26. The van der Waals surface area contributed by atoms with Gasteiger partial charge in [0.25, 0.3) is 11.6 Å². The highest BCUT2D eigenvalue weighted by atomic mass is 32.2. The lowest BCUT2D eigenvalue weighted by Gasteiger charge is -2.16. The van der Waals surface area contributed by atoms with Crippen LogP contribution in [0.3, 0.4) is 0 Å². The molecule has 1 amide bonds. The Morgan fingerprint density at radius 1 is 1.25 bits per heavy atom. The molecule has 0 atom stereocenters. The SMILES string of the molecule is Cc1ccccc1N=C1SCCN1C(=O)c1cccc([N+](=O)[O-])c1. The third-order valence-electron chi connectivity index (χ3n) is 3.66. The highest BCUT2D eigenvalue weighted by molar-refractivity contribution is 8.14. The maximum absolute atomic E-state index is 12.7. The van der Waals surface area contributed by atoms with E-state index in [0.717, 1.165) is 17.0 Å². The van der Waals surface area contributed by atoms with Gasteiger partial charge in [-0.2, -0.15) is 0 Å². The van der Waals surface area contributed by atoms with Crippen LogP contribution in [0.4, 0.5) is 11.4 Å². The van der Waals surface area contributed by atoms with Crippen LogP contribution < -0.4 is 0 Å². The summed E-state index contributed by atoms with van der Waals surface area (Å²) in [7, 11) is 0. The lowest BCUT2D eigenvalue weighted by molar-refractivity contribution is -0.384. The second-order valence-corrected chi connectivity index (χ2v) is 6.36. The fraction of sp³-hybridized carbons (Fsp3) is 0.176. The summed E-state index contributed by atoms with van der Waals surface area (Å²) in [5.41, 5.74) is 2.05. The molecule has 2 aromatic carbocycles. The summed E-state index contributed by atoms with van der Waals surface area (Å²) in [6.07, 6.45) is 0. The Hall–Kier alpha value is -2.67. The maximum atomic E-state index is 12.7. The molecule has 3 rings (SSSR count). The zero-order valence-electron chi connectivity index (χ0n) is 13.0. The number of thioether (sulfide) groups is 1. The fourth-order valence-electron chi connectivity index (χ4n) is 2.38. The van der Waals surface area contributed by atoms with E-state index >= 15 is 0 Å². The van der Waals surface area contributed by atoms with Gasteiger partial charge in [-0.1, -0.05) is 36.0 Å². The number of para-hydroxylation sites is 1. The van der Waals surface area contributed by atoms with Gasteiger partial charge in [0.05, 0.1) is 10.6 Å². The van der Waals surface area contributed by atoms with E-state index in [-0.39, 0.29) is 11.6 Å². The minimum atomic E-state index is -0.502. The molecule has 0 aliphatic carbocycles. The number of carbonyl (C=O) groups is 1. The molecule has 2 aromatic rings. The number of aryl methyl sites for hydroxylation is 1. The van der Waals surface area contributed by atoms with Gasteiger partial charge in [-0.25, -0.2) is 4.99 Å². The van der Waals surface area contributed by atoms with Gasteiger partial charge in [-0.15, -0.1) is 0 Å². The lowest BCUT2D eigenvalue weighted by atomic mass is 10.2. The van der Waals surface area contributed by atoms with Gasteiger partial charge >= 0.3 is 0 Å². The van der Waals surface area contributed by atoms with Crippen molar-refractivity contribution in [3.05, 3.63) is 69.8 Å². The van der Waals surface area contributed by atoms with Crippen LogP contribution in [0, 0.1) is 17.0 Å². The van der Waals surface area contributed by atoms with E-state index in [1.54, 1.807) is 11.0 Å². The topological polar surface area (TPSA) is 75.8 Å². The zero-order chi connectivity index (χ0) is 17.1. The first-order valence-corrected chi connectivity index (χ1v) is 8.38. The van der Waals surface area contributed by atoms with Crippen molar-refractivity contribution in [2.45, 2.75) is 6.92 Å². The van der Waals surface area contributed by atoms with E-state index in [0.29, 0.717) is 17.3 Å². The van der Waals surface area contributed by atoms with Gasteiger partial charge < -0.3 is 0 Å². The second-order valence-electron chi connectivity index (χ2n) is 5.29. The average Bonchev–Trinajstić information content (AvgIpc) is 3.04. The van der Waals surface area contributed by atoms with Crippen molar-refractivity contribution in [3.63, 3.8) is 0 Å². The van der Waals surface area contributed by atoms with E-state index in [1.165, 1.54) is 30.0 Å². The van der Waals surface area contributed by atoms with E-state index in [4.69, 9.17) is 0 Å². The van der Waals surface area contributed by atoms with Crippen LogP contribution in [-0.2, 0) is 0 Å². The Morgan fingerprint density at radius 2 is 2.04 bits per heavy atom. The van der Waals surface area contributed by atoms with E-state index < -0.39 is 4.92 Å². The van der Waals surface area contributed by atoms with Crippen molar-refractivity contribution < 1.29 is 9.72 Å². The smallest absolute Gasteiger partial charge is 0.270 e. The van der Waals surface area contributed by atoms with Crippen LogP contribution in [0.25, 0.3) is 0 Å². The van der Waals surface area contributed by atoms with E-state index in [2.05, 4.69) is 4.99 Å². The molecule has 122 valence electrons. The van der Waals surface area contributed by atoms with Crippen LogP contribution in [0.15, 0.2) is 53.5 Å². The molecule has 0 bridgehead atoms. The number of aliphatic imine (C=N–C) groups is 1. The molecule has 24 heavy (non-hydrogen) atoms. The van der Waals surface area contributed by atoms with Crippen molar-refractivity contribution in [2.24, 2.45) is 4.99 Å². The molecule has 1 aliphatic rings. The summed E-state index contributed by atoms with van der Waals surface area (Å²) in [4.78, 5) is 29.3. The number of nitro benzene ring substituents is 1. The predicted molar refractivity (Wildman–Crippen MR) is 94.9 cm³/mol. The van der Waals surface area contributed by atoms with Crippen LogP contribution >= 0.6 is 11.8 Å². The molecular formula is C17H15N3O3S. The van der Waals surface area contributed by atoms with E-state index in [1.807, 2.05) is 31.2 Å². The normalized spacial score (nSPS) is 15.7. The van der Waals surface area contributed by atoms with E-state index in [9.17, 15) is 14.9 Å². The van der Waals surface area contributed by atoms with Gasteiger partial charge in [0.15, 0.2) is 5.17 Å². The number of benzene rings is 2. The average molecular weight is 341 g/mol. The fourth-order valence-corrected chi connectivity index (χ4v) is 3.33. The molecule has 1 saturated heterocycles. The van der Waals surface area contributed by atoms with Crippen LogP contribution in [0.5, 0.6) is 0 Å². The highest BCUT2D eigenvalue weighted by Gasteiger charge is 2.27. The number of hydrogen-bond donors (Lipinski definition) is 0. The molecule has 0 N–H and O–H groups in total. The second kappa shape index (κ2) is 6.84. The largest absolute Gasteiger partial charge is 0.286 e. The van der Waals surface area contributed by atoms with Gasteiger partial charge in [-0.3, -0.25) is 19.8 Å². The molecule has 0 spiro atoms. The molecule has 6 nitrogen and oxygen atoms in total. The number of non-ortho nitro benzene ring substituents is 1. The summed E-state index contributed by atoms with van der Waals surface area (Å²) in [5.74, 6) is 0.488. The minimum Gasteiger partial charge on any atom is -0.286 e. The Morgan fingerprint density at radius 3 is 2.79 bits per heavy atom. The zero-order valence-corrected chi connectivity index (χ0v) is 13.8. The van der Waals surface area contributed by atoms with Gasteiger partial charge in [0.1, 0.15) is 0 Å². The molecule has 0 saturated carbocycles. The van der Waals surface area contributed by atoms with Crippen molar-refractivity contribution in [2.75, 3.05) is 12.3 Å². The molecular weight excluding hydrogens is 326 g/mol. The van der Waals surface area contributed by atoms with Crippen molar-refractivity contribution in [3.8, 4) is 0 Å². The third kappa shape index (κ3) is 3.30. The summed E-state index contributed by atoms with van der Waals surface area (Å²) in [6.45, 7) is 2.50. The number of carbonyl (C=O) groups excluding carboxylic acids is 1. The van der Waals surface area contributed by atoms with Crippen LogP contribution in [-0.4, -0.2) is 33.2 Å². The Kier molecular flexibility index (Phi) is 4.61. The summed E-state index contributed by atoms with van der Waals surface area (Å²) in [5, 5.41) is 11.5. The Balaban J connectivity index is 1.90. The summed E-state index contributed by atoms with van der Waals surface area (Å²) < 4.78 is 0. The maximum Gasteiger partial charge on any atom is 0.270 e. The quantitative estimate of drug-likeness (QED) is 0.629. The first-order valence-electron chi connectivity index (χ1n) is 7.40. The number of hydrogen-bond acceptors (Lipinski definition) is 5. The molecule has 7 heteroatoms. The molecule has 1 aliphatic heterocycles. The van der Waals surface area contributed by atoms with Crippen molar-refractivity contribution >= 4 is 34.2 Å². The van der Waals surface area contributed by atoms with Crippen LogP contribution in [0.1, 0.15) is 15.9 Å². The standard InChI is InChI=1S/C17H15N3O3S/c1-12-5-2-3-8-15(12)18-17-19(9-10-24-17)16(21)13-6-4-7-14(11-13)20(22)23/h2-8,11H,9-10H2,1H3. The number of amidine groups is 1. The number of nitro groups is 1. The Labute approximate surface area is 143 Å². The minimum absolute atomic E-state index is 0.0925. The first kappa shape index (κ1) is 16.2. The van der Waals surface area contributed by atoms with Crippen molar-refractivity contribution in [1.29, 1.82) is 0 Å². The van der Waals surface area contributed by atoms with Gasteiger partial charge in [0, 0.05) is 30.0 Å². The third-order valence-corrected chi connectivity index (χ3v) is 4.61. The molecule has 0 aromatic heterocycles. The summed E-state index contributed by atoms with van der Waals surface area (Å²) >= 11 is 1.51. The lowest BCUT2D eigenvalue weighted by Crippen LogP contribution is -2.31. The van der Waals surface area contributed by atoms with Gasteiger partial charge in [-0.05, 0) is 24.6 Å². The first-order chi connectivity index (χ1) is 11.6. The molecule has 0 unspecified atom stereocenters. The predicted octanol–water partition coefficient (Wildman–Crippen LogP) is 3.78. The number of rotatable bonds is 3.